The zero-order valence-corrected chi connectivity index (χ0v) is 23.1. The molecule has 1 unspecified atom stereocenters. The number of methoxy groups -OCH3 is 2. The Balaban J connectivity index is 1.76. The third-order valence-corrected chi connectivity index (χ3v) is 7.74. The number of hydrogen-bond donors (Lipinski definition) is 0. The molecule has 2 heterocycles. The first-order valence-electron chi connectivity index (χ1n) is 11.6. The molecular weight excluding hydrogens is 504 g/mol. The van der Waals surface area contributed by atoms with Gasteiger partial charge in [-0.1, -0.05) is 11.3 Å². The second kappa shape index (κ2) is 9.55. The van der Waals surface area contributed by atoms with Crippen molar-refractivity contribution in [3.63, 3.8) is 0 Å². The van der Waals surface area contributed by atoms with E-state index in [4.69, 9.17) is 30.8 Å². The highest BCUT2D eigenvalue weighted by Gasteiger charge is 2.47. The Morgan fingerprint density at radius 2 is 1.94 bits per heavy atom. The SMILES string of the molecule is COc1ccc(Cn2c(C3(Cl)CC3)nc3sc(C(C)N(C)C(=O)OC(C)(C)C)nc3c2=O)c(OC)c1. The zero-order chi connectivity index (χ0) is 26.4. The van der Waals surface area contributed by atoms with E-state index in [0.29, 0.717) is 27.2 Å². The van der Waals surface area contributed by atoms with Crippen LogP contribution in [-0.2, 0) is 16.2 Å². The van der Waals surface area contributed by atoms with Gasteiger partial charge in [0.05, 0.1) is 26.8 Å². The fourth-order valence-electron chi connectivity index (χ4n) is 3.74. The van der Waals surface area contributed by atoms with E-state index in [2.05, 4.69) is 4.98 Å². The van der Waals surface area contributed by atoms with E-state index < -0.39 is 22.6 Å². The molecule has 0 saturated heterocycles. The van der Waals surface area contributed by atoms with Gasteiger partial charge in [0, 0.05) is 18.7 Å². The van der Waals surface area contributed by atoms with E-state index in [1.54, 1.807) is 31.9 Å². The molecule has 11 heteroatoms. The van der Waals surface area contributed by atoms with Crippen molar-refractivity contribution in [1.82, 2.24) is 19.4 Å². The number of carbonyl (C=O) groups is 1. The third kappa shape index (κ3) is 5.15. The second-order valence-corrected chi connectivity index (χ2v) is 11.7. The van der Waals surface area contributed by atoms with Gasteiger partial charge in [-0.3, -0.25) is 9.36 Å². The normalized spacial score (nSPS) is 15.4. The van der Waals surface area contributed by atoms with Crippen molar-refractivity contribution in [2.75, 3.05) is 21.3 Å². The lowest BCUT2D eigenvalue weighted by atomic mass is 10.1. The minimum Gasteiger partial charge on any atom is -0.497 e. The predicted octanol–water partition coefficient (Wildman–Crippen LogP) is 5.07. The molecule has 0 spiro atoms. The van der Waals surface area contributed by atoms with E-state index in [0.717, 1.165) is 18.4 Å². The summed E-state index contributed by atoms with van der Waals surface area (Å²) < 4.78 is 17.9. The van der Waals surface area contributed by atoms with Crippen LogP contribution >= 0.6 is 22.9 Å². The average Bonchev–Trinajstić information content (AvgIpc) is 3.42. The third-order valence-electron chi connectivity index (χ3n) is 6.07. The summed E-state index contributed by atoms with van der Waals surface area (Å²) in [5.41, 5.74) is 0.132. The number of fused-ring (bicyclic) bond motifs is 1. The van der Waals surface area contributed by atoms with Crippen LogP contribution in [0.25, 0.3) is 10.3 Å². The molecule has 0 aliphatic heterocycles. The first kappa shape index (κ1) is 26.2. The van der Waals surface area contributed by atoms with Gasteiger partial charge in [0.2, 0.25) is 0 Å². The quantitative estimate of drug-likeness (QED) is 0.390. The minimum absolute atomic E-state index is 0.221. The lowest BCUT2D eigenvalue weighted by Crippen LogP contribution is -2.35. The molecule has 9 nitrogen and oxygen atoms in total. The van der Waals surface area contributed by atoms with Gasteiger partial charge in [0.25, 0.3) is 5.56 Å². The molecule has 1 saturated carbocycles. The van der Waals surface area contributed by atoms with Gasteiger partial charge in [-0.2, -0.15) is 0 Å². The molecule has 1 fully saturated rings. The maximum absolute atomic E-state index is 13.7. The fraction of sp³-hybridized carbons (Fsp3) is 0.520. The maximum Gasteiger partial charge on any atom is 0.410 e. The molecule has 1 aliphatic carbocycles. The largest absolute Gasteiger partial charge is 0.497 e. The second-order valence-electron chi connectivity index (χ2n) is 9.94. The van der Waals surface area contributed by atoms with Crippen molar-refractivity contribution < 1.29 is 19.0 Å². The Labute approximate surface area is 219 Å². The van der Waals surface area contributed by atoms with Crippen LogP contribution in [0, 0.1) is 0 Å². The molecule has 0 bridgehead atoms. The van der Waals surface area contributed by atoms with Crippen LogP contribution in [-0.4, -0.2) is 52.4 Å². The van der Waals surface area contributed by atoms with Crippen LogP contribution < -0.4 is 15.0 Å². The highest BCUT2D eigenvalue weighted by molar-refractivity contribution is 7.18. The van der Waals surface area contributed by atoms with Crippen molar-refractivity contribution in [3.05, 3.63) is 44.9 Å². The Morgan fingerprint density at radius 1 is 1.25 bits per heavy atom. The van der Waals surface area contributed by atoms with Crippen molar-refractivity contribution in [2.45, 2.75) is 63.6 Å². The Morgan fingerprint density at radius 3 is 2.53 bits per heavy atom. The van der Waals surface area contributed by atoms with Crippen LogP contribution in [0.15, 0.2) is 23.0 Å². The molecule has 36 heavy (non-hydrogen) atoms. The summed E-state index contributed by atoms with van der Waals surface area (Å²) in [4.78, 5) is 37.0. The Kier molecular flexibility index (Phi) is 6.96. The molecular formula is C25H31ClN4O5S. The molecule has 1 atom stereocenters. The fourth-order valence-corrected chi connectivity index (χ4v) is 5.00. The number of ether oxygens (including phenoxy) is 3. The number of amides is 1. The van der Waals surface area contributed by atoms with Crippen molar-refractivity contribution >= 4 is 39.4 Å². The highest BCUT2D eigenvalue weighted by atomic mass is 35.5. The van der Waals surface area contributed by atoms with Crippen LogP contribution in [0.5, 0.6) is 11.5 Å². The number of thiazole rings is 1. The molecule has 2 aromatic heterocycles. The first-order chi connectivity index (χ1) is 16.9. The summed E-state index contributed by atoms with van der Waals surface area (Å²) in [6.07, 6.45) is 0.996. The van der Waals surface area contributed by atoms with Crippen LogP contribution in [0.3, 0.4) is 0 Å². The van der Waals surface area contributed by atoms with Gasteiger partial charge in [-0.05, 0) is 52.7 Å². The van der Waals surface area contributed by atoms with Gasteiger partial charge in [-0.15, -0.1) is 11.6 Å². The molecule has 1 aliphatic rings. The topological polar surface area (TPSA) is 95.8 Å². The maximum atomic E-state index is 13.7. The number of benzene rings is 1. The average molecular weight is 535 g/mol. The summed E-state index contributed by atoms with van der Waals surface area (Å²) in [5, 5.41) is 0.591. The van der Waals surface area contributed by atoms with Crippen molar-refractivity contribution in [3.8, 4) is 11.5 Å². The molecule has 4 rings (SSSR count). The lowest BCUT2D eigenvalue weighted by Gasteiger charge is -2.27. The number of halogens is 1. The van der Waals surface area contributed by atoms with E-state index in [1.807, 2.05) is 39.8 Å². The zero-order valence-electron chi connectivity index (χ0n) is 21.5. The molecule has 3 aromatic rings. The molecule has 194 valence electrons. The van der Waals surface area contributed by atoms with Crippen LogP contribution in [0.4, 0.5) is 4.79 Å². The molecule has 0 N–H and O–H groups in total. The van der Waals surface area contributed by atoms with Crippen molar-refractivity contribution in [2.24, 2.45) is 0 Å². The Hall–Kier alpha value is -2.85. The predicted molar refractivity (Wildman–Crippen MR) is 139 cm³/mol. The van der Waals surface area contributed by atoms with E-state index >= 15 is 0 Å². The standard InChI is InChI=1S/C25H31ClN4O5S/c1-14(29(5)23(32)35-24(2,3)4)19-27-18-20(36-19)28-22(25(26)10-11-25)30(21(18)31)13-15-8-9-16(33-6)12-17(15)34-7/h8-9,12,14H,10-11,13H2,1-7H3. The summed E-state index contributed by atoms with van der Waals surface area (Å²) in [5.74, 6) is 1.76. The smallest absolute Gasteiger partial charge is 0.410 e. The number of rotatable bonds is 7. The highest BCUT2D eigenvalue weighted by Crippen LogP contribution is 2.51. The van der Waals surface area contributed by atoms with Gasteiger partial charge >= 0.3 is 6.09 Å². The first-order valence-corrected chi connectivity index (χ1v) is 12.8. The summed E-state index contributed by atoms with van der Waals surface area (Å²) in [6, 6.07) is 5.03. The minimum atomic E-state index is -0.684. The van der Waals surface area contributed by atoms with Gasteiger partial charge in [-0.25, -0.2) is 14.8 Å². The number of aromatic nitrogens is 3. The molecule has 1 amide bonds. The van der Waals surface area contributed by atoms with E-state index in [1.165, 1.54) is 16.2 Å². The van der Waals surface area contributed by atoms with E-state index in [9.17, 15) is 9.59 Å². The summed E-state index contributed by atoms with van der Waals surface area (Å²) in [7, 11) is 4.80. The van der Waals surface area contributed by atoms with Gasteiger partial charge in [0.15, 0.2) is 10.3 Å². The number of carbonyl (C=O) groups excluding carboxylic acids is 1. The monoisotopic (exact) mass is 534 g/mol. The van der Waals surface area contributed by atoms with Gasteiger partial charge in [0.1, 0.15) is 32.8 Å². The Bertz CT molecular complexity index is 1360. The van der Waals surface area contributed by atoms with Crippen LogP contribution in [0.2, 0.25) is 0 Å². The number of alkyl halides is 1. The van der Waals surface area contributed by atoms with E-state index in [-0.39, 0.29) is 17.6 Å². The van der Waals surface area contributed by atoms with Gasteiger partial charge < -0.3 is 19.1 Å². The summed E-state index contributed by atoms with van der Waals surface area (Å²) >= 11 is 8.08. The molecule has 0 radical (unpaired) electrons. The number of nitrogens with zero attached hydrogens (tertiary/aromatic N) is 4. The molecule has 1 aromatic carbocycles. The van der Waals surface area contributed by atoms with Crippen LogP contribution in [0.1, 0.15) is 63.0 Å². The summed E-state index contributed by atoms with van der Waals surface area (Å²) in [6.45, 7) is 7.50. The van der Waals surface area contributed by atoms with Crippen molar-refractivity contribution in [1.29, 1.82) is 0 Å². The lowest BCUT2D eigenvalue weighted by molar-refractivity contribution is 0.0233. The number of hydrogen-bond acceptors (Lipinski definition) is 8.